The van der Waals surface area contributed by atoms with E-state index in [-0.39, 0.29) is 29.8 Å². The summed E-state index contributed by atoms with van der Waals surface area (Å²) in [6.07, 6.45) is 0.868. The van der Waals surface area contributed by atoms with E-state index in [4.69, 9.17) is 0 Å². The van der Waals surface area contributed by atoms with Crippen molar-refractivity contribution in [2.24, 2.45) is 5.92 Å². The van der Waals surface area contributed by atoms with E-state index >= 15 is 0 Å². The van der Waals surface area contributed by atoms with Gasteiger partial charge in [0.25, 0.3) is 0 Å². The quantitative estimate of drug-likeness (QED) is 0.836. The van der Waals surface area contributed by atoms with Crippen LogP contribution in [0.25, 0.3) is 0 Å². The summed E-state index contributed by atoms with van der Waals surface area (Å²) in [5, 5.41) is 6.08. The number of nitrogens with one attached hydrogen (secondary N) is 2. The minimum absolute atomic E-state index is 0.0417. The molecule has 1 saturated heterocycles. The average Bonchev–Trinajstić information content (AvgIpc) is 2.75. The van der Waals surface area contributed by atoms with Crippen LogP contribution >= 0.6 is 0 Å². The predicted molar refractivity (Wildman–Crippen MR) is 83.8 cm³/mol. The van der Waals surface area contributed by atoms with Gasteiger partial charge in [-0.05, 0) is 36.6 Å². The summed E-state index contributed by atoms with van der Waals surface area (Å²) < 4.78 is 22.8. The van der Waals surface area contributed by atoms with Gasteiger partial charge in [-0.1, -0.05) is 19.1 Å². The zero-order valence-corrected chi connectivity index (χ0v) is 13.1. The van der Waals surface area contributed by atoms with Crippen LogP contribution in [0.4, 0.5) is 5.69 Å². The van der Waals surface area contributed by atoms with Crippen molar-refractivity contribution < 1.29 is 13.2 Å². The first-order valence-corrected chi connectivity index (χ1v) is 9.10. The van der Waals surface area contributed by atoms with Gasteiger partial charge in [-0.15, -0.1) is 0 Å². The van der Waals surface area contributed by atoms with Gasteiger partial charge in [0.1, 0.15) is 0 Å². The number of amides is 1. The van der Waals surface area contributed by atoms with E-state index < -0.39 is 9.84 Å². The van der Waals surface area contributed by atoms with Crippen LogP contribution in [0.1, 0.15) is 25.3 Å². The van der Waals surface area contributed by atoms with Gasteiger partial charge in [-0.3, -0.25) is 4.79 Å². The summed E-state index contributed by atoms with van der Waals surface area (Å²) in [4.78, 5) is 12.0. The van der Waals surface area contributed by atoms with Crippen LogP contribution in [0.3, 0.4) is 0 Å². The van der Waals surface area contributed by atoms with Gasteiger partial charge in [0.2, 0.25) is 5.91 Å². The van der Waals surface area contributed by atoms with Crippen molar-refractivity contribution >= 4 is 21.4 Å². The topological polar surface area (TPSA) is 75.3 Å². The maximum absolute atomic E-state index is 12.0. The van der Waals surface area contributed by atoms with Gasteiger partial charge < -0.3 is 10.6 Å². The number of anilines is 1. The van der Waals surface area contributed by atoms with Crippen LogP contribution < -0.4 is 10.6 Å². The molecule has 0 aliphatic carbocycles. The molecule has 0 bridgehead atoms. The Kier molecular flexibility index (Phi) is 5.36. The summed E-state index contributed by atoms with van der Waals surface area (Å²) in [7, 11) is -2.92. The Balaban J connectivity index is 1.88. The molecule has 5 nitrogen and oxygen atoms in total. The van der Waals surface area contributed by atoms with Crippen LogP contribution in [0.5, 0.6) is 0 Å². The molecule has 0 saturated carbocycles. The maximum atomic E-state index is 12.0. The zero-order valence-electron chi connectivity index (χ0n) is 12.3. The molecule has 1 aliphatic rings. The fourth-order valence-electron chi connectivity index (χ4n) is 2.54. The highest BCUT2D eigenvalue weighted by Crippen LogP contribution is 2.22. The van der Waals surface area contributed by atoms with Gasteiger partial charge >= 0.3 is 0 Å². The molecule has 1 unspecified atom stereocenters. The molecule has 1 aromatic carbocycles. The smallest absolute Gasteiger partial charge is 0.224 e. The Labute approximate surface area is 126 Å². The molecule has 1 fully saturated rings. The second kappa shape index (κ2) is 7.04. The highest BCUT2D eigenvalue weighted by atomic mass is 32.2. The third kappa shape index (κ3) is 5.13. The number of sulfone groups is 1. The molecular weight excluding hydrogens is 288 g/mol. The normalized spacial score (nSPS) is 20.3. The van der Waals surface area contributed by atoms with Crippen molar-refractivity contribution in [1.82, 2.24) is 5.32 Å². The second-order valence-corrected chi connectivity index (χ2v) is 7.73. The lowest BCUT2D eigenvalue weighted by atomic mass is 10.0. The zero-order chi connectivity index (χ0) is 15.3. The second-order valence-electron chi connectivity index (χ2n) is 5.50. The Bertz CT molecular complexity index is 599. The van der Waals surface area contributed by atoms with E-state index in [2.05, 4.69) is 10.6 Å². The van der Waals surface area contributed by atoms with Crippen molar-refractivity contribution in [2.45, 2.75) is 26.3 Å². The van der Waals surface area contributed by atoms with Crippen LogP contribution in [0.2, 0.25) is 0 Å². The highest BCUT2D eigenvalue weighted by molar-refractivity contribution is 7.91. The van der Waals surface area contributed by atoms with E-state index in [1.165, 1.54) is 0 Å². The van der Waals surface area contributed by atoms with Gasteiger partial charge in [-0.2, -0.15) is 0 Å². The molecule has 0 spiro atoms. The first-order chi connectivity index (χ1) is 9.98. The minimum Gasteiger partial charge on any atom is -0.326 e. The van der Waals surface area contributed by atoms with Crippen molar-refractivity contribution in [1.29, 1.82) is 0 Å². The number of rotatable bonds is 6. The van der Waals surface area contributed by atoms with Crippen LogP contribution in [0, 0.1) is 5.92 Å². The first kappa shape index (κ1) is 16.0. The third-order valence-electron chi connectivity index (χ3n) is 3.59. The molecule has 1 amide bonds. The summed E-state index contributed by atoms with van der Waals surface area (Å²) in [6, 6.07) is 7.69. The number of hydrogen-bond acceptors (Lipinski definition) is 4. The molecule has 116 valence electrons. The fourth-order valence-corrected chi connectivity index (χ4v) is 4.40. The van der Waals surface area contributed by atoms with E-state index in [0.29, 0.717) is 6.42 Å². The Hall–Kier alpha value is -1.40. The number of carbonyl (C=O) groups excluding carboxylic acids is 1. The Morgan fingerprint density at radius 1 is 1.38 bits per heavy atom. The molecule has 6 heteroatoms. The standard InChI is InChI=1S/C15H22N2O3S/c1-2-16-10-12-4-3-5-14(8-12)17-15(18)9-13-6-7-21(19,20)11-13/h3-5,8,13,16H,2,6-7,9-11H2,1H3,(H,17,18). The van der Waals surface area contributed by atoms with E-state index in [0.717, 1.165) is 24.3 Å². The highest BCUT2D eigenvalue weighted by Gasteiger charge is 2.29. The summed E-state index contributed by atoms with van der Waals surface area (Å²) in [6.45, 7) is 3.70. The molecule has 1 heterocycles. The fraction of sp³-hybridized carbons (Fsp3) is 0.533. The van der Waals surface area contributed by atoms with Gasteiger partial charge in [-0.25, -0.2) is 8.42 Å². The van der Waals surface area contributed by atoms with Gasteiger partial charge in [0, 0.05) is 18.7 Å². The molecular formula is C15H22N2O3S. The Morgan fingerprint density at radius 3 is 2.86 bits per heavy atom. The van der Waals surface area contributed by atoms with Crippen molar-refractivity contribution in [3.8, 4) is 0 Å². The van der Waals surface area contributed by atoms with Crippen LogP contribution in [-0.4, -0.2) is 32.4 Å². The molecule has 0 aromatic heterocycles. The number of hydrogen-bond donors (Lipinski definition) is 2. The minimum atomic E-state index is -2.92. The summed E-state index contributed by atoms with van der Waals surface area (Å²) in [5.74, 6) is 0.196. The lowest BCUT2D eigenvalue weighted by Crippen LogP contribution is -2.18. The van der Waals surface area contributed by atoms with Crippen molar-refractivity contribution in [3.05, 3.63) is 29.8 Å². The van der Waals surface area contributed by atoms with E-state index in [1.807, 2.05) is 31.2 Å². The van der Waals surface area contributed by atoms with Gasteiger partial charge in [0.05, 0.1) is 11.5 Å². The monoisotopic (exact) mass is 310 g/mol. The number of carbonyl (C=O) groups is 1. The molecule has 0 radical (unpaired) electrons. The van der Waals surface area contributed by atoms with Crippen LogP contribution in [0.15, 0.2) is 24.3 Å². The molecule has 21 heavy (non-hydrogen) atoms. The average molecular weight is 310 g/mol. The predicted octanol–water partition coefficient (Wildman–Crippen LogP) is 1.56. The third-order valence-corrected chi connectivity index (χ3v) is 5.43. The van der Waals surface area contributed by atoms with E-state index in [1.54, 1.807) is 0 Å². The van der Waals surface area contributed by atoms with Gasteiger partial charge in [0.15, 0.2) is 9.84 Å². The molecule has 2 rings (SSSR count). The summed E-state index contributed by atoms with van der Waals surface area (Å²) in [5.41, 5.74) is 1.87. The molecule has 2 N–H and O–H groups in total. The lowest BCUT2D eigenvalue weighted by Gasteiger charge is -2.10. The summed E-state index contributed by atoms with van der Waals surface area (Å²) >= 11 is 0. The molecule has 1 atom stereocenters. The number of benzene rings is 1. The van der Waals surface area contributed by atoms with E-state index in [9.17, 15) is 13.2 Å². The molecule has 1 aliphatic heterocycles. The lowest BCUT2D eigenvalue weighted by molar-refractivity contribution is -0.116. The molecule has 1 aromatic rings. The maximum Gasteiger partial charge on any atom is 0.224 e. The van der Waals surface area contributed by atoms with Crippen LogP contribution in [-0.2, 0) is 21.2 Å². The van der Waals surface area contributed by atoms with Crippen molar-refractivity contribution in [3.63, 3.8) is 0 Å². The largest absolute Gasteiger partial charge is 0.326 e. The SMILES string of the molecule is CCNCc1cccc(NC(=O)CC2CCS(=O)(=O)C2)c1. The van der Waals surface area contributed by atoms with Crippen molar-refractivity contribution in [2.75, 3.05) is 23.4 Å². The first-order valence-electron chi connectivity index (χ1n) is 7.28. The Morgan fingerprint density at radius 2 is 2.19 bits per heavy atom.